The summed E-state index contributed by atoms with van der Waals surface area (Å²) in [6, 6.07) is 7.08. The number of hydrogen-bond acceptors (Lipinski definition) is 2. The van der Waals surface area contributed by atoms with Gasteiger partial charge in [0.05, 0.1) is 5.56 Å². The van der Waals surface area contributed by atoms with E-state index in [0.29, 0.717) is 11.6 Å². The molecule has 0 bridgehead atoms. The molecular formula is C14H10ClF4NO. The molecule has 0 unspecified atom stereocenters. The van der Waals surface area contributed by atoms with Crippen molar-refractivity contribution in [1.29, 1.82) is 0 Å². The number of phenols is 1. The minimum atomic E-state index is -4.77. The fraction of sp³-hybridized carbons (Fsp3) is 0.143. The lowest BCUT2D eigenvalue weighted by Gasteiger charge is -2.13. The van der Waals surface area contributed by atoms with Crippen LogP contribution in [0.2, 0.25) is 5.02 Å². The summed E-state index contributed by atoms with van der Waals surface area (Å²) in [6.07, 6.45) is -4.77. The second kappa shape index (κ2) is 5.81. The zero-order chi connectivity index (χ0) is 15.6. The molecule has 0 atom stereocenters. The zero-order valence-electron chi connectivity index (χ0n) is 10.5. The van der Waals surface area contributed by atoms with Gasteiger partial charge in [-0.1, -0.05) is 17.7 Å². The van der Waals surface area contributed by atoms with Gasteiger partial charge in [-0.25, -0.2) is 4.39 Å². The van der Waals surface area contributed by atoms with Crippen molar-refractivity contribution >= 4 is 17.3 Å². The van der Waals surface area contributed by atoms with E-state index < -0.39 is 17.6 Å². The van der Waals surface area contributed by atoms with Gasteiger partial charge in [0.15, 0.2) is 0 Å². The Morgan fingerprint density at radius 3 is 2.48 bits per heavy atom. The average Bonchev–Trinajstić information content (AvgIpc) is 2.38. The molecule has 0 aliphatic heterocycles. The van der Waals surface area contributed by atoms with Crippen molar-refractivity contribution in [2.45, 2.75) is 12.7 Å². The van der Waals surface area contributed by atoms with Crippen LogP contribution in [0.25, 0.3) is 0 Å². The van der Waals surface area contributed by atoms with Crippen molar-refractivity contribution in [3.63, 3.8) is 0 Å². The SMILES string of the molecule is Oc1cccc(Cl)c1CNc1ccc(F)c(C(F)(F)F)c1. The summed E-state index contributed by atoms with van der Waals surface area (Å²) in [7, 11) is 0. The number of benzene rings is 2. The first kappa shape index (κ1) is 15.4. The number of hydrogen-bond donors (Lipinski definition) is 2. The van der Waals surface area contributed by atoms with E-state index in [2.05, 4.69) is 5.32 Å². The highest BCUT2D eigenvalue weighted by molar-refractivity contribution is 6.31. The first-order valence-corrected chi connectivity index (χ1v) is 6.24. The van der Waals surface area contributed by atoms with E-state index in [9.17, 15) is 22.7 Å². The minimum absolute atomic E-state index is 0.00837. The third-order valence-electron chi connectivity index (χ3n) is 2.84. The number of phenolic OH excluding ortho intramolecular Hbond substituents is 1. The molecule has 0 saturated carbocycles. The number of nitrogens with one attached hydrogen (secondary N) is 1. The Labute approximate surface area is 123 Å². The maximum absolute atomic E-state index is 13.1. The molecule has 21 heavy (non-hydrogen) atoms. The highest BCUT2D eigenvalue weighted by Gasteiger charge is 2.34. The standard InChI is InChI=1S/C14H10ClF4NO/c15-11-2-1-3-13(21)9(11)7-20-8-4-5-12(16)10(6-8)14(17,18)19/h1-6,20-21H,7H2. The highest BCUT2D eigenvalue weighted by Crippen LogP contribution is 2.33. The largest absolute Gasteiger partial charge is 0.508 e. The summed E-state index contributed by atoms with van der Waals surface area (Å²) in [5.41, 5.74) is -0.934. The Bertz CT molecular complexity index is 638. The maximum atomic E-state index is 13.1. The molecule has 2 nitrogen and oxygen atoms in total. The lowest BCUT2D eigenvalue weighted by molar-refractivity contribution is -0.139. The third-order valence-corrected chi connectivity index (χ3v) is 3.19. The Morgan fingerprint density at radius 2 is 1.86 bits per heavy atom. The van der Waals surface area contributed by atoms with Gasteiger partial charge >= 0.3 is 6.18 Å². The molecule has 0 saturated heterocycles. The van der Waals surface area contributed by atoms with Crippen molar-refractivity contribution in [3.8, 4) is 5.75 Å². The van der Waals surface area contributed by atoms with Crippen LogP contribution >= 0.6 is 11.6 Å². The van der Waals surface area contributed by atoms with Crippen LogP contribution in [0.4, 0.5) is 23.2 Å². The van der Waals surface area contributed by atoms with Gasteiger partial charge in [0.1, 0.15) is 11.6 Å². The molecule has 2 aromatic carbocycles. The van der Waals surface area contributed by atoms with Crippen molar-refractivity contribution in [1.82, 2.24) is 0 Å². The highest BCUT2D eigenvalue weighted by atomic mass is 35.5. The second-order valence-corrected chi connectivity index (χ2v) is 4.69. The summed E-state index contributed by atoms with van der Waals surface area (Å²) in [6.45, 7) is 0.00837. The molecule has 0 heterocycles. The van der Waals surface area contributed by atoms with E-state index in [1.54, 1.807) is 12.1 Å². The fourth-order valence-electron chi connectivity index (χ4n) is 1.77. The maximum Gasteiger partial charge on any atom is 0.419 e. The van der Waals surface area contributed by atoms with E-state index in [0.717, 1.165) is 6.07 Å². The third kappa shape index (κ3) is 3.58. The Balaban J connectivity index is 2.22. The van der Waals surface area contributed by atoms with Gasteiger partial charge in [-0.15, -0.1) is 0 Å². The second-order valence-electron chi connectivity index (χ2n) is 4.28. The minimum Gasteiger partial charge on any atom is -0.508 e. The molecule has 0 aromatic heterocycles. The number of rotatable bonds is 3. The summed E-state index contributed by atoms with van der Waals surface area (Å²) in [5, 5.41) is 12.6. The molecule has 0 amide bonds. The van der Waals surface area contributed by atoms with Crippen LogP contribution in [0, 0.1) is 5.82 Å². The molecule has 2 rings (SSSR count). The van der Waals surface area contributed by atoms with Crippen molar-refractivity contribution in [2.24, 2.45) is 0 Å². The van der Waals surface area contributed by atoms with Crippen LogP contribution in [0.5, 0.6) is 5.75 Å². The van der Waals surface area contributed by atoms with Gasteiger partial charge in [-0.05, 0) is 30.3 Å². The number of aromatic hydroxyl groups is 1. The quantitative estimate of drug-likeness (QED) is 0.795. The van der Waals surface area contributed by atoms with Gasteiger partial charge in [-0.2, -0.15) is 13.2 Å². The molecule has 7 heteroatoms. The zero-order valence-corrected chi connectivity index (χ0v) is 11.3. The smallest absolute Gasteiger partial charge is 0.419 e. The molecular weight excluding hydrogens is 310 g/mol. The number of anilines is 1. The Morgan fingerprint density at radius 1 is 1.14 bits per heavy atom. The monoisotopic (exact) mass is 319 g/mol. The number of halogens is 5. The Kier molecular flexibility index (Phi) is 4.27. The van der Waals surface area contributed by atoms with Crippen LogP contribution in [0.1, 0.15) is 11.1 Å². The molecule has 0 aliphatic carbocycles. The predicted octanol–water partition coefficient (Wildman–Crippen LogP) is 4.82. The van der Waals surface area contributed by atoms with Gasteiger partial charge in [0.25, 0.3) is 0 Å². The van der Waals surface area contributed by atoms with Crippen LogP contribution in [-0.2, 0) is 12.7 Å². The lowest BCUT2D eigenvalue weighted by Crippen LogP contribution is -2.09. The lowest BCUT2D eigenvalue weighted by atomic mass is 10.1. The molecule has 0 fully saturated rings. The fourth-order valence-corrected chi connectivity index (χ4v) is 2.00. The molecule has 0 radical (unpaired) electrons. The molecule has 0 spiro atoms. The first-order chi connectivity index (χ1) is 9.79. The van der Waals surface area contributed by atoms with Crippen molar-refractivity contribution < 1.29 is 22.7 Å². The van der Waals surface area contributed by atoms with E-state index in [1.165, 1.54) is 12.1 Å². The van der Waals surface area contributed by atoms with Gasteiger partial charge in [0, 0.05) is 22.8 Å². The molecule has 2 N–H and O–H groups in total. The topological polar surface area (TPSA) is 32.3 Å². The predicted molar refractivity (Wildman–Crippen MR) is 71.8 cm³/mol. The molecule has 2 aromatic rings. The Hall–Kier alpha value is -1.95. The van der Waals surface area contributed by atoms with E-state index in [4.69, 9.17) is 11.6 Å². The summed E-state index contributed by atoms with van der Waals surface area (Å²) in [5.74, 6) is -1.42. The van der Waals surface area contributed by atoms with Crippen molar-refractivity contribution in [2.75, 3.05) is 5.32 Å². The summed E-state index contributed by atoms with van der Waals surface area (Å²) >= 11 is 5.88. The molecule has 0 aliphatic rings. The van der Waals surface area contributed by atoms with Crippen LogP contribution < -0.4 is 5.32 Å². The summed E-state index contributed by atoms with van der Waals surface area (Å²) in [4.78, 5) is 0. The van der Waals surface area contributed by atoms with Crippen LogP contribution in [0.15, 0.2) is 36.4 Å². The van der Waals surface area contributed by atoms with Crippen molar-refractivity contribution in [3.05, 3.63) is 58.4 Å². The molecule has 112 valence electrons. The van der Waals surface area contributed by atoms with Gasteiger partial charge in [-0.3, -0.25) is 0 Å². The van der Waals surface area contributed by atoms with Crippen LogP contribution in [-0.4, -0.2) is 5.11 Å². The van der Waals surface area contributed by atoms with Gasteiger partial charge < -0.3 is 10.4 Å². The average molecular weight is 320 g/mol. The van der Waals surface area contributed by atoms with E-state index in [-0.39, 0.29) is 23.0 Å². The first-order valence-electron chi connectivity index (χ1n) is 5.86. The normalized spacial score (nSPS) is 11.5. The van der Waals surface area contributed by atoms with Crippen LogP contribution in [0.3, 0.4) is 0 Å². The number of alkyl halides is 3. The summed E-state index contributed by atoms with van der Waals surface area (Å²) < 4.78 is 50.9. The van der Waals surface area contributed by atoms with E-state index >= 15 is 0 Å². The van der Waals surface area contributed by atoms with E-state index in [1.807, 2.05) is 0 Å². The van der Waals surface area contributed by atoms with Gasteiger partial charge in [0.2, 0.25) is 0 Å².